The van der Waals surface area contributed by atoms with E-state index in [2.05, 4.69) is 0 Å². The Morgan fingerprint density at radius 1 is 1.04 bits per heavy atom. The summed E-state index contributed by atoms with van der Waals surface area (Å²) in [4.78, 5) is 0.279. The van der Waals surface area contributed by atoms with Crippen LogP contribution in [0.15, 0.2) is 52.3 Å². The molecule has 0 spiro atoms. The Morgan fingerprint density at radius 2 is 1.67 bits per heavy atom. The molecule has 0 saturated carbocycles. The summed E-state index contributed by atoms with van der Waals surface area (Å²) in [7, 11) is -5.89. The predicted octanol–water partition coefficient (Wildman–Crippen LogP) is 2.89. The van der Waals surface area contributed by atoms with Crippen molar-refractivity contribution in [1.29, 1.82) is 0 Å². The molecule has 2 aromatic carbocycles. The molecule has 3 rings (SSSR count). The molecule has 1 aliphatic heterocycles. The van der Waals surface area contributed by atoms with Gasteiger partial charge in [-0.15, -0.1) is 0 Å². The molecular formula is C18H20ClNO5S2. The van der Waals surface area contributed by atoms with E-state index in [9.17, 15) is 16.8 Å². The van der Waals surface area contributed by atoms with Gasteiger partial charge in [0.2, 0.25) is 10.0 Å². The summed E-state index contributed by atoms with van der Waals surface area (Å²) in [5, 5.41) is -0.341. The molecule has 0 amide bonds. The lowest BCUT2D eigenvalue weighted by atomic mass is 10.2. The number of hydrogen-bond donors (Lipinski definition) is 0. The number of benzene rings is 2. The van der Waals surface area contributed by atoms with Crippen molar-refractivity contribution in [3.8, 4) is 5.75 Å². The van der Waals surface area contributed by atoms with Crippen molar-refractivity contribution in [3.05, 3.63) is 53.1 Å². The molecule has 146 valence electrons. The minimum atomic E-state index is -3.78. The monoisotopic (exact) mass is 429 g/mol. The Morgan fingerprint density at radius 3 is 2.26 bits per heavy atom. The number of halogens is 1. The molecule has 9 heteroatoms. The second-order valence-electron chi connectivity index (χ2n) is 6.40. The Bertz CT molecular complexity index is 1050. The summed E-state index contributed by atoms with van der Waals surface area (Å²) in [5.41, 5.74) is 0.697. The molecule has 0 radical (unpaired) electrons. The summed E-state index contributed by atoms with van der Waals surface area (Å²) in [6.07, 6.45) is 0.249. The third kappa shape index (κ3) is 3.85. The second-order valence-corrected chi connectivity index (χ2v) is 11.0. The zero-order valence-corrected chi connectivity index (χ0v) is 17.3. The lowest BCUT2D eigenvalue weighted by molar-refractivity contribution is 0.411. The van der Waals surface area contributed by atoms with Gasteiger partial charge in [-0.2, -0.15) is 4.31 Å². The van der Waals surface area contributed by atoms with Gasteiger partial charge in [0, 0.05) is 18.1 Å². The third-order valence-electron chi connectivity index (χ3n) is 4.69. The van der Waals surface area contributed by atoms with Crippen molar-refractivity contribution in [2.75, 3.05) is 20.2 Å². The normalized spacial score (nSPS) is 18.6. The molecule has 0 bridgehead atoms. The lowest BCUT2D eigenvalue weighted by Crippen LogP contribution is -2.32. The fraction of sp³-hybridized carbons (Fsp3) is 0.333. The van der Waals surface area contributed by atoms with E-state index in [0.717, 1.165) is 0 Å². The molecule has 27 heavy (non-hydrogen) atoms. The Labute approximate surface area is 164 Å². The van der Waals surface area contributed by atoms with Crippen molar-refractivity contribution < 1.29 is 21.6 Å². The summed E-state index contributed by atoms with van der Waals surface area (Å²) in [5.74, 6) is 0.596. The first-order chi connectivity index (χ1) is 12.7. The largest absolute Gasteiger partial charge is 0.496 e. The summed E-state index contributed by atoms with van der Waals surface area (Å²) >= 11 is 5.82. The molecule has 6 nitrogen and oxygen atoms in total. The molecule has 2 aromatic rings. The van der Waals surface area contributed by atoms with Gasteiger partial charge >= 0.3 is 0 Å². The molecule has 1 aliphatic rings. The van der Waals surface area contributed by atoms with Crippen LogP contribution in [0.5, 0.6) is 5.75 Å². The Kier molecular flexibility index (Phi) is 5.54. The number of hydrogen-bond acceptors (Lipinski definition) is 5. The minimum Gasteiger partial charge on any atom is -0.496 e. The van der Waals surface area contributed by atoms with Crippen molar-refractivity contribution in [2.24, 2.45) is 0 Å². The van der Waals surface area contributed by atoms with Crippen LogP contribution in [0.25, 0.3) is 0 Å². The van der Waals surface area contributed by atoms with E-state index in [4.69, 9.17) is 16.3 Å². The topological polar surface area (TPSA) is 80.8 Å². The van der Waals surface area contributed by atoms with Crippen LogP contribution in [0.3, 0.4) is 0 Å². The van der Waals surface area contributed by atoms with E-state index < -0.39 is 25.1 Å². The molecule has 0 N–H and O–H groups in total. The summed E-state index contributed by atoms with van der Waals surface area (Å²) < 4.78 is 57.8. The average molecular weight is 430 g/mol. The van der Waals surface area contributed by atoms with Crippen molar-refractivity contribution >= 4 is 31.5 Å². The van der Waals surface area contributed by atoms with Crippen LogP contribution in [0.4, 0.5) is 0 Å². The number of rotatable bonds is 5. The highest BCUT2D eigenvalue weighted by Crippen LogP contribution is 2.30. The van der Waals surface area contributed by atoms with Gasteiger partial charge in [0.15, 0.2) is 9.84 Å². The molecular weight excluding hydrogens is 410 g/mol. The highest BCUT2D eigenvalue weighted by atomic mass is 35.5. The maximum Gasteiger partial charge on any atom is 0.243 e. The lowest BCUT2D eigenvalue weighted by Gasteiger charge is -2.18. The van der Waals surface area contributed by atoms with Gasteiger partial charge in [0.25, 0.3) is 0 Å². The molecule has 1 fully saturated rings. The van der Waals surface area contributed by atoms with E-state index in [1.807, 2.05) is 0 Å². The summed E-state index contributed by atoms with van der Waals surface area (Å²) in [6, 6.07) is 10.5. The Balaban J connectivity index is 1.84. The van der Waals surface area contributed by atoms with Crippen molar-refractivity contribution in [3.63, 3.8) is 0 Å². The van der Waals surface area contributed by atoms with Gasteiger partial charge in [0.1, 0.15) is 5.75 Å². The Hall–Kier alpha value is -1.61. The number of ether oxygens (including phenoxy) is 1. The van der Waals surface area contributed by atoms with Gasteiger partial charge in [-0.25, -0.2) is 16.8 Å². The zero-order valence-electron chi connectivity index (χ0n) is 14.9. The van der Waals surface area contributed by atoms with Crippen LogP contribution in [0, 0.1) is 6.92 Å². The first-order valence-corrected chi connectivity index (χ1v) is 11.7. The minimum absolute atomic E-state index is 0.0711. The van der Waals surface area contributed by atoms with Gasteiger partial charge < -0.3 is 4.74 Å². The van der Waals surface area contributed by atoms with E-state index in [1.165, 1.54) is 47.8 Å². The van der Waals surface area contributed by atoms with E-state index in [-0.39, 0.29) is 29.3 Å². The summed E-state index contributed by atoms with van der Waals surface area (Å²) in [6.45, 7) is 1.85. The van der Waals surface area contributed by atoms with Crippen LogP contribution in [0.1, 0.15) is 12.0 Å². The first-order valence-electron chi connectivity index (χ1n) is 8.30. The van der Waals surface area contributed by atoms with Crippen LogP contribution in [-0.2, 0) is 19.9 Å². The zero-order chi connectivity index (χ0) is 19.8. The van der Waals surface area contributed by atoms with E-state index >= 15 is 0 Å². The first kappa shape index (κ1) is 20.1. The average Bonchev–Trinajstić information content (AvgIpc) is 3.14. The van der Waals surface area contributed by atoms with Gasteiger partial charge in [-0.1, -0.05) is 11.6 Å². The number of nitrogens with zero attached hydrogens (tertiary/aromatic N) is 1. The molecule has 1 saturated heterocycles. The van der Waals surface area contributed by atoms with Gasteiger partial charge in [-0.05, 0) is 61.4 Å². The maximum absolute atomic E-state index is 12.9. The van der Waals surface area contributed by atoms with Crippen LogP contribution in [0.2, 0.25) is 5.02 Å². The standard InChI is InChI=1S/C18H20ClNO5S2/c1-13-11-16(7-8-18(13)25-2)27(23,24)20-10-9-17(12-20)26(21,22)15-5-3-14(19)4-6-15/h3-8,11,17H,9-10,12H2,1-2H3. The number of methoxy groups -OCH3 is 1. The van der Waals surface area contributed by atoms with Crippen molar-refractivity contribution in [1.82, 2.24) is 4.31 Å². The fourth-order valence-electron chi connectivity index (χ4n) is 3.15. The maximum atomic E-state index is 12.9. The highest BCUT2D eigenvalue weighted by Gasteiger charge is 2.39. The van der Waals surface area contributed by atoms with E-state index in [1.54, 1.807) is 13.0 Å². The third-order valence-corrected chi connectivity index (χ3v) is 9.00. The molecule has 1 atom stereocenters. The van der Waals surface area contributed by atoms with Gasteiger partial charge in [0.05, 0.1) is 22.2 Å². The predicted molar refractivity (Wildman–Crippen MR) is 104 cm³/mol. The van der Waals surface area contributed by atoms with Crippen LogP contribution in [-0.4, -0.2) is 46.6 Å². The molecule has 1 unspecified atom stereocenters. The van der Waals surface area contributed by atoms with Crippen LogP contribution < -0.4 is 4.74 Å². The van der Waals surface area contributed by atoms with Gasteiger partial charge in [-0.3, -0.25) is 0 Å². The van der Waals surface area contributed by atoms with Crippen LogP contribution >= 0.6 is 11.6 Å². The number of sulfone groups is 1. The molecule has 1 heterocycles. The number of sulfonamides is 1. The fourth-order valence-corrected chi connectivity index (χ4v) is 6.64. The van der Waals surface area contributed by atoms with Crippen molar-refractivity contribution in [2.45, 2.75) is 28.4 Å². The SMILES string of the molecule is COc1ccc(S(=O)(=O)N2CCC(S(=O)(=O)c3ccc(Cl)cc3)C2)cc1C. The molecule has 0 aliphatic carbocycles. The molecule has 0 aromatic heterocycles. The number of aryl methyl sites for hydroxylation is 1. The quantitative estimate of drug-likeness (QED) is 0.730. The van der Waals surface area contributed by atoms with E-state index in [0.29, 0.717) is 16.3 Å². The highest BCUT2D eigenvalue weighted by molar-refractivity contribution is 7.92. The second kappa shape index (κ2) is 7.43. The smallest absolute Gasteiger partial charge is 0.243 e.